The fraction of sp³-hybridized carbons (Fsp3) is 0.462. The highest BCUT2D eigenvalue weighted by Gasteiger charge is 2.19. The van der Waals surface area contributed by atoms with E-state index in [0.29, 0.717) is 17.3 Å². The predicted octanol–water partition coefficient (Wildman–Crippen LogP) is 1.09. The Morgan fingerprint density at radius 2 is 2.47 bits per heavy atom. The van der Waals surface area contributed by atoms with Gasteiger partial charge in [0.15, 0.2) is 17.2 Å². The number of carbonyl (C=O) groups excluding carboxylic acids is 1. The molecular weight excluding hydrogens is 246 g/mol. The van der Waals surface area contributed by atoms with Crippen molar-refractivity contribution < 1.29 is 14.3 Å². The number of fused-ring (bicyclic) bond motifs is 1. The molecule has 0 aromatic carbocycles. The number of carbonyl (C=O) groups is 1. The molecule has 100 valence electrons. The van der Waals surface area contributed by atoms with E-state index >= 15 is 0 Å². The van der Waals surface area contributed by atoms with Gasteiger partial charge < -0.3 is 9.47 Å². The van der Waals surface area contributed by atoms with Crippen LogP contribution in [-0.2, 0) is 15.9 Å². The first-order chi connectivity index (χ1) is 9.28. The highest BCUT2D eigenvalue weighted by molar-refractivity contribution is 5.88. The number of nitrogens with zero attached hydrogens (tertiary/aromatic N) is 3. The predicted molar refractivity (Wildman–Crippen MR) is 67.0 cm³/mol. The van der Waals surface area contributed by atoms with Crippen LogP contribution in [0.2, 0.25) is 0 Å². The zero-order chi connectivity index (χ0) is 13.2. The van der Waals surface area contributed by atoms with Gasteiger partial charge in [-0.05, 0) is 24.5 Å². The summed E-state index contributed by atoms with van der Waals surface area (Å²) >= 11 is 0. The molecule has 2 aromatic heterocycles. The van der Waals surface area contributed by atoms with Gasteiger partial charge in [0.05, 0.1) is 7.11 Å². The van der Waals surface area contributed by atoms with Gasteiger partial charge in [-0.25, -0.2) is 14.3 Å². The van der Waals surface area contributed by atoms with Crippen LogP contribution >= 0.6 is 0 Å². The van der Waals surface area contributed by atoms with Crippen molar-refractivity contribution in [1.82, 2.24) is 14.6 Å². The Morgan fingerprint density at radius 3 is 3.21 bits per heavy atom. The molecule has 3 heterocycles. The summed E-state index contributed by atoms with van der Waals surface area (Å²) in [6.45, 7) is 1.57. The Labute approximate surface area is 110 Å². The van der Waals surface area contributed by atoms with E-state index in [1.54, 1.807) is 12.1 Å². The van der Waals surface area contributed by atoms with Crippen molar-refractivity contribution in [2.75, 3.05) is 20.3 Å². The van der Waals surface area contributed by atoms with E-state index in [1.165, 1.54) is 11.6 Å². The van der Waals surface area contributed by atoms with Gasteiger partial charge in [-0.3, -0.25) is 0 Å². The molecule has 19 heavy (non-hydrogen) atoms. The van der Waals surface area contributed by atoms with Gasteiger partial charge in [0.25, 0.3) is 0 Å². The zero-order valence-corrected chi connectivity index (χ0v) is 10.7. The SMILES string of the molecule is COC(=O)c1cccc2nc(CC3CCOC3)nn12. The number of hydrogen-bond acceptors (Lipinski definition) is 5. The summed E-state index contributed by atoms with van der Waals surface area (Å²) < 4.78 is 11.6. The average molecular weight is 261 g/mol. The van der Waals surface area contributed by atoms with E-state index in [-0.39, 0.29) is 0 Å². The number of hydrogen-bond donors (Lipinski definition) is 0. The maximum atomic E-state index is 11.7. The van der Waals surface area contributed by atoms with Crippen molar-refractivity contribution in [2.45, 2.75) is 12.8 Å². The van der Waals surface area contributed by atoms with Crippen LogP contribution in [0, 0.1) is 5.92 Å². The highest BCUT2D eigenvalue weighted by Crippen LogP contribution is 2.17. The number of methoxy groups -OCH3 is 1. The topological polar surface area (TPSA) is 65.7 Å². The number of esters is 1. The third-order valence-electron chi connectivity index (χ3n) is 3.29. The van der Waals surface area contributed by atoms with E-state index in [0.717, 1.165) is 31.9 Å². The quantitative estimate of drug-likeness (QED) is 0.774. The lowest BCUT2D eigenvalue weighted by atomic mass is 10.1. The largest absolute Gasteiger partial charge is 0.464 e. The Bertz CT molecular complexity index is 602. The van der Waals surface area contributed by atoms with Crippen molar-refractivity contribution in [3.05, 3.63) is 29.7 Å². The van der Waals surface area contributed by atoms with E-state index in [9.17, 15) is 4.79 Å². The smallest absolute Gasteiger partial charge is 0.356 e. The molecule has 0 saturated carbocycles. The third kappa shape index (κ3) is 2.31. The van der Waals surface area contributed by atoms with Crippen LogP contribution in [0.3, 0.4) is 0 Å². The molecule has 1 saturated heterocycles. The van der Waals surface area contributed by atoms with E-state index in [4.69, 9.17) is 9.47 Å². The molecule has 1 atom stereocenters. The summed E-state index contributed by atoms with van der Waals surface area (Å²) in [5.41, 5.74) is 1.05. The standard InChI is InChI=1S/C13H15N3O3/c1-18-13(17)10-3-2-4-12-14-11(15-16(10)12)7-9-5-6-19-8-9/h2-4,9H,5-8H2,1H3. The average Bonchev–Trinajstić information content (AvgIpc) is 3.06. The van der Waals surface area contributed by atoms with Crippen molar-refractivity contribution in [2.24, 2.45) is 5.92 Å². The van der Waals surface area contributed by atoms with Gasteiger partial charge in [0.1, 0.15) is 0 Å². The fourth-order valence-corrected chi connectivity index (χ4v) is 2.30. The molecule has 1 fully saturated rings. The van der Waals surface area contributed by atoms with Gasteiger partial charge in [-0.2, -0.15) is 5.10 Å². The molecule has 1 unspecified atom stereocenters. The minimum atomic E-state index is -0.411. The number of aromatic nitrogens is 3. The lowest BCUT2D eigenvalue weighted by Crippen LogP contribution is -2.09. The van der Waals surface area contributed by atoms with Gasteiger partial charge in [-0.1, -0.05) is 6.07 Å². The van der Waals surface area contributed by atoms with Crippen LogP contribution in [0.4, 0.5) is 0 Å². The number of pyridine rings is 1. The summed E-state index contributed by atoms with van der Waals surface area (Å²) in [6, 6.07) is 5.28. The third-order valence-corrected chi connectivity index (χ3v) is 3.29. The molecule has 1 aliphatic rings. The second-order valence-electron chi connectivity index (χ2n) is 4.63. The van der Waals surface area contributed by atoms with Crippen LogP contribution in [-0.4, -0.2) is 40.9 Å². The van der Waals surface area contributed by atoms with Crippen LogP contribution in [0.1, 0.15) is 22.7 Å². The van der Waals surface area contributed by atoms with E-state index < -0.39 is 5.97 Å². The van der Waals surface area contributed by atoms with Crippen molar-refractivity contribution in [1.29, 1.82) is 0 Å². The van der Waals surface area contributed by atoms with Crippen LogP contribution in [0.15, 0.2) is 18.2 Å². The molecule has 0 N–H and O–H groups in total. The second kappa shape index (κ2) is 4.97. The molecular formula is C13H15N3O3. The van der Waals surface area contributed by atoms with Crippen molar-refractivity contribution in [3.8, 4) is 0 Å². The van der Waals surface area contributed by atoms with Crippen LogP contribution < -0.4 is 0 Å². The molecule has 6 nitrogen and oxygen atoms in total. The monoisotopic (exact) mass is 261 g/mol. The minimum Gasteiger partial charge on any atom is -0.464 e. The Hall–Kier alpha value is -1.95. The minimum absolute atomic E-state index is 0.390. The van der Waals surface area contributed by atoms with Crippen LogP contribution in [0.5, 0.6) is 0 Å². The molecule has 0 bridgehead atoms. The van der Waals surface area contributed by atoms with Crippen molar-refractivity contribution >= 4 is 11.6 Å². The summed E-state index contributed by atoms with van der Waals surface area (Å²) in [6.07, 6.45) is 1.82. The van der Waals surface area contributed by atoms with Crippen molar-refractivity contribution in [3.63, 3.8) is 0 Å². The number of ether oxygens (including phenoxy) is 2. The maximum Gasteiger partial charge on any atom is 0.356 e. The molecule has 2 aromatic rings. The van der Waals surface area contributed by atoms with Gasteiger partial charge in [0.2, 0.25) is 0 Å². The normalized spacial score (nSPS) is 18.9. The Balaban J connectivity index is 1.93. The molecule has 0 radical (unpaired) electrons. The van der Waals surface area contributed by atoms with Gasteiger partial charge in [0, 0.05) is 19.6 Å². The van der Waals surface area contributed by atoms with Gasteiger partial charge in [-0.15, -0.1) is 0 Å². The first-order valence-electron chi connectivity index (χ1n) is 6.28. The first kappa shape index (κ1) is 12.1. The lowest BCUT2D eigenvalue weighted by molar-refractivity contribution is 0.0591. The second-order valence-corrected chi connectivity index (χ2v) is 4.63. The Kier molecular flexibility index (Phi) is 3.16. The maximum absolute atomic E-state index is 11.7. The summed E-state index contributed by atoms with van der Waals surface area (Å²) in [5, 5.41) is 4.39. The lowest BCUT2D eigenvalue weighted by Gasteiger charge is -2.02. The summed E-state index contributed by atoms with van der Waals surface area (Å²) in [5.74, 6) is 0.803. The summed E-state index contributed by atoms with van der Waals surface area (Å²) in [4.78, 5) is 16.1. The molecule has 1 aliphatic heterocycles. The molecule has 3 rings (SSSR count). The fourth-order valence-electron chi connectivity index (χ4n) is 2.30. The van der Waals surface area contributed by atoms with E-state index in [1.807, 2.05) is 6.07 Å². The Morgan fingerprint density at radius 1 is 1.58 bits per heavy atom. The molecule has 0 spiro atoms. The zero-order valence-electron chi connectivity index (χ0n) is 10.7. The highest BCUT2D eigenvalue weighted by atomic mass is 16.5. The van der Waals surface area contributed by atoms with Gasteiger partial charge >= 0.3 is 5.97 Å². The van der Waals surface area contributed by atoms with E-state index in [2.05, 4.69) is 10.1 Å². The molecule has 6 heteroatoms. The molecule has 0 amide bonds. The summed E-state index contributed by atoms with van der Waals surface area (Å²) in [7, 11) is 1.36. The number of rotatable bonds is 3. The first-order valence-corrected chi connectivity index (χ1v) is 6.28. The van der Waals surface area contributed by atoms with Crippen LogP contribution in [0.25, 0.3) is 5.65 Å². The molecule has 0 aliphatic carbocycles.